The lowest BCUT2D eigenvalue weighted by molar-refractivity contribution is -0.139. The van der Waals surface area contributed by atoms with E-state index in [1.165, 1.54) is 10.9 Å². The highest BCUT2D eigenvalue weighted by Gasteiger charge is 2.12. The van der Waals surface area contributed by atoms with Crippen molar-refractivity contribution in [1.29, 1.82) is 0 Å². The van der Waals surface area contributed by atoms with Crippen LogP contribution in [0.25, 0.3) is 0 Å². The normalized spacial score (nSPS) is 10.6. The van der Waals surface area contributed by atoms with E-state index in [1.54, 1.807) is 0 Å². The third-order valence-corrected chi connectivity index (χ3v) is 2.19. The lowest BCUT2D eigenvalue weighted by Crippen LogP contribution is -2.26. The average Bonchev–Trinajstić information content (AvgIpc) is 2.23. The van der Waals surface area contributed by atoms with Crippen LogP contribution in [0.2, 0.25) is 5.02 Å². The number of carbonyl (C=O) groups is 1. The van der Waals surface area contributed by atoms with E-state index in [0.717, 1.165) is 0 Å². The highest BCUT2D eigenvalue weighted by molar-refractivity contribution is 6.31. The molecule has 1 N–H and O–H groups in total. The predicted molar refractivity (Wildman–Crippen MR) is 61.5 cm³/mol. The molecule has 94 valence electrons. The first-order valence-electron chi connectivity index (χ1n) is 5.02. The molecule has 0 unspecified atom stereocenters. The van der Waals surface area contributed by atoms with Crippen molar-refractivity contribution >= 4 is 17.6 Å². The number of aliphatic carboxylic acids is 1. The molecule has 0 aromatic carbocycles. The Hall–Kier alpha value is -1.56. The summed E-state index contributed by atoms with van der Waals surface area (Å²) in [6, 6.07) is 0. The fraction of sp³-hybridized carbons (Fsp3) is 0.500. The van der Waals surface area contributed by atoms with E-state index in [-0.39, 0.29) is 16.7 Å². The van der Waals surface area contributed by atoms with Gasteiger partial charge in [0.15, 0.2) is 17.4 Å². The molecule has 0 aliphatic carbocycles. The van der Waals surface area contributed by atoms with Gasteiger partial charge in [0, 0.05) is 6.54 Å². The summed E-state index contributed by atoms with van der Waals surface area (Å²) < 4.78 is 6.05. The van der Waals surface area contributed by atoms with Crippen molar-refractivity contribution in [3.8, 4) is 5.75 Å². The van der Waals surface area contributed by atoms with Gasteiger partial charge < -0.3 is 9.84 Å². The summed E-state index contributed by atoms with van der Waals surface area (Å²) in [6.45, 7) is 3.76. The molecule has 0 radical (unpaired) electrons. The van der Waals surface area contributed by atoms with Gasteiger partial charge in [-0.15, -0.1) is 0 Å². The molecular weight excluding hydrogens is 248 g/mol. The van der Waals surface area contributed by atoms with Crippen LogP contribution < -0.4 is 10.3 Å². The fourth-order valence-corrected chi connectivity index (χ4v) is 1.37. The number of ether oxygens (including phenoxy) is 1. The first kappa shape index (κ1) is 13.5. The van der Waals surface area contributed by atoms with Crippen LogP contribution in [-0.2, 0) is 11.3 Å². The van der Waals surface area contributed by atoms with E-state index in [9.17, 15) is 9.59 Å². The van der Waals surface area contributed by atoms with Gasteiger partial charge in [-0.1, -0.05) is 25.4 Å². The topological polar surface area (TPSA) is 81.4 Å². The lowest BCUT2D eigenvalue weighted by atomic mass is 10.2. The SMILES string of the molecule is CC(C)Cn1ncc(OCC(=O)O)c(Cl)c1=O. The molecule has 0 aliphatic heterocycles. The molecule has 0 spiro atoms. The van der Waals surface area contributed by atoms with Crippen molar-refractivity contribution in [3.63, 3.8) is 0 Å². The van der Waals surface area contributed by atoms with E-state index in [0.29, 0.717) is 6.54 Å². The number of nitrogens with zero attached hydrogens (tertiary/aromatic N) is 2. The van der Waals surface area contributed by atoms with Gasteiger partial charge in [-0.25, -0.2) is 9.48 Å². The van der Waals surface area contributed by atoms with Crippen LogP contribution in [-0.4, -0.2) is 27.5 Å². The molecule has 0 fully saturated rings. The lowest BCUT2D eigenvalue weighted by Gasteiger charge is -2.09. The molecule has 1 aromatic rings. The van der Waals surface area contributed by atoms with E-state index in [4.69, 9.17) is 21.4 Å². The number of aromatic nitrogens is 2. The van der Waals surface area contributed by atoms with Crippen LogP contribution in [0.1, 0.15) is 13.8 Å². The van der Waals surface area contributed by atoms with Crippen molar-refractivity contribution in [3.05, 3.63) is 21.6 Å². The first-order chi connectivity index (χ1) is 7.91. The van der Waals surface area contributed by atoms with Gasteiger partial charge in [-0.3, -0.25) is 4.79 Å². The van der Waals surface area contributed by atoms with E-state index in [1.807, 2.05) is 13.8 Å². The van der Waals surface area contributed by atoms with E-state index >= 15 is 0 Å². The third kappa shape index (κ3) is 3.74. The van der Waals surface area contributed by atoms with E-state index in [2.05, 4.69) is 5.10 Å². The minimum Gasteiger partial charge on any atom is -0.479 e. The van der Waals surface area contributed by atoms with Crippen LogP contribution in [0.4, 0.5) is 0 Å². The third-order valence-electron chi connectivity index (χ3n) is 1.84. The number of carboxylic acids is 1. The highest BCUT2D eigenvalue weighted by Crippen LogP contribution is 2.18. The number of carboxylic acid groups (broad SMARTS) is 1. The summed E-state index contributed by atoms with van der Waals surface area (Å²) in [4.78, 5) is 22.0. The minimum absolute atomic E-state index is 0.0147. The number of halogens is 1. The van der Waals surface area contributed by atoms with Gasteiger partial charge in [-0.05, 0) is 5.92 Å². The fourth-order valence-electron chi connectivity index (χ4n) is 1.17. The molecule has 1 rings (SSSR count). The second-order valence-electron chi connectivity index (χ2n) is 3.89. The Morgan fingerprint density at radius 1 is 1.65 bits per heavy atom. The molecule has 1 aromatic heterocycles. The van der Waals surface area contributed by atoms with E-state index < -0.39 is 18.1 Å². The molecule has 0 atom stereocenters. The van der Waals surface area contributed by atoms with Crippen LogP contribution in [0.15, 0.2) is 11.0 Å². The largest absolute Gasteiger partial charge is 0.479 e. The van der Waals surface area contributed by atoms with Crippen LogP contribution in [0, 0.1) is 5.92 Å². The number of hydrogen-bond donors (Lipinski definition) is 1. The first-order valence-corrected chi connectivity index (χ1v) is 5.39. The summed E-state index contributed by atoms with van der Waals surface area (Å²) in [5.41, 5.74) is -0.483. The molecule has 6 nitrogen and oxygen atoms in total. The molecule has 0 saturated carbocycles. The van der Waals surface area contributed by atoms with Crippen molar-refractivity contribution < 1.29 is 14.6 Å². The van der Waals surface area contributed by atoms with Crippen molar-refractivity contribution in [1.82, 2.24) is 9.78 Å². The minimum atomic E-state index is -1.15. The Morgan fingerprint density at radius 3 is 2.82 bits per heavy atom. The monoisotopic (exact) mass is 260 g/mol. The number of rotatable bonds is 5. The Labute approximate surface area is 103 Å². The Bertz CT molecular complexity index is 470. The van der Waals surface area contributed by atoms with Crippen molar-refractivity contribution in [2.75, 3.05) is 6.61 Å². The molecule has 17 heavy (non-hydrogen) atoms. The Morgan fingerprint density at radius 2 is 2.29 bits per heavy atom. The molecule has 0 amide bonds. The zero-order valence-electron chi connectivity index (χ0n) is 9.51. The van der Waals surface area contributed by atoms with Gasteiger partial charge in [-0.2, -0.15) is 5.10 Å². The molecule has 1 heterocycles. The molecular formula is C10H13ClN2O4. The summed E-state index contributed by atoms with van der Waals surface area (Å²) in [5.74, 6) is -0.909. The zero-order valence-corrected chi connectivity index (χ0v) is 10.3. The summed E-state index contributed by atoms with van der Waals surface area (Å²) in [5, 5.41) is 12.1. The van der Waals surface area contributed by atoms with Crippen molar-refractivity contribution in [2.24, 2.45) is 5.92 Å². The van der Waals surface area contributed by atoms with Gasteiger partial charge in [0.2, 0.25) is 0 Å². The summed E-state index contributed by atoms with van der Waals surface area (Å²) in [7, 11) is 0. The molecule has 0 bridgehead atoms. The Kier molecular flexibility index (Phi) is 4.51. The summed E-state index contributed by atoms with van der Waals surface area (Å²) >= 11 is 5.77. The highest BCUT2D eigenvalue weighted by atomic mass is 35.5. The standard InChI is InChI=1S/C10H13ClN2O4/c1-6(2)4-13-10(16)9(11)7(3-12-13)17-5-8(14)15/h3,6H,4-5H2,1-2H3,(H,14,15). The maximum absolute atomic E-state index is 11.7. The maximum atomic E-state index is 11.7. The smallest absolute Gasteiger partial charge is 0.341 e. The van der Waals surface area contributed by atoms with Gasteiger partial charge >= 0.3 is 5.97 Å². The maximum Gasteiger partial charge on any atom is 0.341 e. The predicted octanol–water partition coefficient (Wildman–Crippen LogP) is 1.02. The van der Waals surface area contributed by atoms with Crippen molar-refractivity contribution in [2.45, 2.75) is 20.4 Å². The van der Waals surface area contributed by atoms with Crippen LogP contribution in [0.5, 0.6) is 5.75 Å². The molecule has 0 aliphatic rings. The second kappa shape index (κ2) is 5.67. The average molecular weight is 261 g/mol. The van der Waals surface area contributed by atoms with Crippen LogP contribution in [0.3, 0.4) is 0 Å². The van der Waals surface area contributed by atoms with Gasteiger partial charge in [0.05, 0.1) is 6.20 Å². The molecule has 0 saturated heterocycles. The summed E-state index contributed by atoms with van der Waals surface area (Å²) in [6.07, 6.45) is 1.25. The zero-order chi connectivity index (χ0) is 13.0. The van der Waals surface area contributed by atoms with Crippen LogP contribution >= 0.6 is 11.6 Å². The number of hydrogen-bond acceptors (Lipinski definition) is 4. The Balaban J connectivity index is 2.94. The van der Waals surface area contributed by atoms with Gasteiger partial charge in [0.25, 0.3) is 5.56 Å². The second-order valence-corrected chi connectivity index (χ2v) is 4.26. The van der Waals surface area contributed by atoms with Gasteiger partial charge in [0.1, 0.15) is 0 Å². The quantitative estimate of drug-likeness (QED) is 0.855. The molecule has 7 heteroatoms.